The zero-order chi connectivity index (χ0) is 12.8. The first-order valence-electron chi connectivity index (χ1n) is 6.11. The van der Waals surface area contributed by atoms with E-state index in [1.54, 1.807) is 18.0 Å². The maximum atomic E-state index is 11.4. The first-order chi connectivity index (χ1) is 9.31. The minimum atomic E-state index is 0.234. The molecule has 4 rings (SSSR count). The molecule has 0 bridgehead atoms. The molecule has 1 aromatic rings. The van der Waals surface area contributed by atoms with Gasteiger partial charge in [0.15, 0.2) is 4.87 Å². The molecule has 0 spiro atoms. The third kappa shape index (κ3) is 1.71. The van der Waals surface area contributed by atoms with Gasteiger partial charge >= 0.3 is 0 Å². The summed E-state index contributed by atoms with van der Waals surface area (Å²) in [4.78, 5) is 20.7. The number of nitrogens with zero attached hydrogens (tertiary/aromatic N) is 3. The molecule has 5 nitrogen and oxygen atoms in total. The van der Waals surface area contributed by atoms with E-state index in [1.165, 1.54) is 5.57 Å². The fraction of sp³-hybridized carbons (Fsp3) is 0.231. The highest BCUT2D eigenvalue weighted by Crippen LogP contribution is 2.42. The molecule has 1 aliphatic heterocycles. The molecule has 19 heavy (non-hydrogen) atoms. The molecule has 0 amide bonds. The maximum Gasteiger partial charge on any atom is 0.278 e. The largest absolute Gasteiger partial charge is 0.345 e. The number of nitrogens with one attached hydrogen (secondary N) is 1. The lowest BCUT2D eigenvalue weighted by Crippen LogP contribution is -2.19. The van der Waals surface area contributed by atoms with E-state index in [9.17, 15) is 4.91 Å². The topological polar surface area (TPSA) is 61.1 Å². The monoisotopic (exact) mass is 271 g/mol. The lowest BCUT2D eigenvalue weighted by atomic mass is 9.89. The summed E-state index contributed by atoms with van der Waals surface area (Å²) in [5.41, 5.74) is 3.26. The fourth-order valence-electron chi connectivity index (χ4n) is 2.63. The highest BCUT2D eigenvalue weighted by molar-refractivity contribution is 8.03. The number of imidazole rings is 1. The Labute approximate surface area is 113 Å². The molecule has 1 unspecified atom stereocenters. The van der Waals surface area contributed by atoms with Crippen LogP contribution in [0, 0.1) is 10.8 Å². The first kappa shape index (κ1) is 10.9. The van der Waals surface area contributed by atoms with E-state index in [0.29, 0.717) is 5.88 Å². The average molecular weight is 271 g/mol. The Bertz CT molecular complexity index is 682. The molecule has 1 aromatic heterocycles. The molecule has 0 aromatic carbocycles. The molecule has 3 aliphatic rings. The van der Waals surface area contributed by atoms with Crippen LogP contribution < -0.4 is 0 Å². The Morgan fingerprint density at radius 2 is 2.37 bits per heavy atom. The Kier molecular flexibility index (Phi) is 2.32. The third-order valence-electron chi connectivity index (χ3n) is 3.50. The number of hydrogen-bond acceptors (Lipinski definition) is 3. The second-order valence-corrected chi connectivity index (χ2v) is 5.64. The van der Waals surface area contributed by atoms with Crippen molar-refractivity contribution in [3.63, 3.8) is 0 Å². The van der Waals surface area contributed by atoms with Crippen molar-refractivity contribution in [1.82, 2.24) is 9.97 Å². The van der Waals surface area contributed by atoms with Gasteiger partial charge in [-0.2, -0.15) is 0 Å². The van der Waals surface area contributed by atoms with Crippen molar-refractivity contribution in [1.29, 1.82) is 0 Å². The van der Waals surface area contributed by atoms with Gasteiger partial charge in [-0.15, -0.1) is 0 Å². The summed E-state index contributed by atoms with van der Waals surface area (Å²) in [6, 6.07) is 0. The van der Waals surface area contributed by atoms with E-state index in [4.69, 9.17) is 0 Å². The lowest BCUT2D eigenvalue weighted by molar-refractivity contribution is -0.534. The second kappa shape index (κ2) is 4.03. The van der Waals surface area contributed by atoms with Gasteiger partial charge in [0, 0.05) is 33.9 Å². The lowest BCUT2D eigenvalue weighted by Gasteiger charge is -2.16. The van der Waals surface area contributed by atoms with Crippen LogP contribution in [0.1, 0.15) is 12.2 Å². The first-order valence-corrected chi connectivity index (χ1v) is 7.09. The molecule has 2 aliphatic carbocycles. The van der Waals surface area contributed by atoms with Gasteiger partial charge in [-0.1, -0.05) is 6.08 Å². The van der Waals surface area contributed by atoms with Gasteiger partial charge in [-0.05, 0) is 35.9 Å². The minimum Gasteiger partial charge on any atom is -0.345 e. The zero-order valence-electron chi connectivity index (χ0n) is 10.0. The van der Waals surface area contributed by atoms with Crippen LogP contribution in [0.3, 0.4) is 0 Å². The number of aromatic amines is 1. The van der Waals surface area contributed by atoms with E-state index in [-0.39, 0.29) is 5.92 Å². The van der Waals surface area contributed by atoms with Crippen molar-refractivity contribution in [3.8, 4) is 0 Å². The van der Waals surface area contributed by atoms with Gasteiger partial charge < -0.3 is 4.98 Å². The number of fused-ring (bicyclic) bond motifs is 3. The molecule has 0 saturated carbocycles. The molecule has 0 radical (unpaired) electrons. The van der Waals surface area contributed by atoms with E-state index in [1.807, 2.05) is 6.20 Å². The van der Waals surface area contributed by atoms with Gasteiger partial charge in [0.1, 0.15) is 11.5 Å². The Morgan fingerprint density at radius 1 is 1.42 bits per heavy atom. The molecule has 0 fully saturated rings. The number of aromatic nitrogens is 2. The summed E-state index contributed by atoms with van der Waals surface area (Å²) in [5, 5.41) is 4.13. The van der Waals surface area contributed by atoms with Crippen molar-refractivity contribution >= 4 is 23.0 Å². The summed E-state index contributed by atoms with van der Waals surface area (Å²) in [5.74, 6) is 1.51. The number of nitroso groups, excluding NO2 is 1. The van der Waals surface area contributed by atoms with E-state index in [2.05, 4.69) is 33.3 Å². The molecule has 6 heteroatoms. The van der Waals surface area contributed by atoms with Crippen molar-refractivity contribution in [2.24, 2.45) is 11.0 Å². The average Bonchev–Trinajstić information content (AvgIpc) is 3.04. The number of allylic oxidation sites excluding steroid dienone is 6. The maximum absolute atomic E-state index is 11.4. The van der Waals surface area contributed by atoms with E-state index >= 15 is 0 Å². The Balaban J connectivity index is 1.73. The molecule has 1 atom stereocenters. The predicted octanol–water partition coefficient (Wildman–Crippen LogP) is 2.48. The highest BCUT2D eigenvalue weighted by atomic mass is 32.2. The van der Waals surface area contributed by atoms with E-state index in [0.717, 1.165) is 33.3 Å². The molecule has 1 N–H and O–H groups in total. The summed E-state index contributed by atoms with van der Waals surface area (Å²) >= 11 is 1.56. The van der Waals surface area contributed by atoms with Crippen molar-refractivity contribution < 1.29 is 4.87 Å². The van der Waals surface area contributed by atoms with Crippen LogP contribution in [0.4, 0.5) is 0 Å². The quantitative estimate of drug-likeness (QED) is 0.798. The van der Waals surface area contributed by atoms with Gasteiger partial charge in [0.25, 0.3) is 5.88 Å². The summed E-state index contributed by atoms with van der Waals surface area (Å²) in [7, 11) is 0. The number of hydrazone groups is 1. The third-order valence-corrected chi connectivity index (χ3v) is 4.49. The predicted molar refractivity (Wildman–Crippen MR) is 74.4 cm³/mol. The van der Waals surface area contributed by atoms with Crippen molar-refractivity contribution in [2.75, 3.05) is 5.88 Å². The standard InChI is InChI=1S/C13H11N4OS/c18-17-7-19-11-6-9-5-8(13-14-3-4-15-13)1-2-10(9)12(11)16-17/h1,3-6,10H,2,7H2,(H,14,15)/q+1. The van der Waals surface area contributed by atoms with Crippen LogP contribution >= 0.6 is 11.8 Å². The van der Waals surface area contributed by atoms with Crippen LogP contribution in [-0.2, 0) is 0 Å². The fourth-order valence-corrected chi connectivity index (χ4v) is 3.48. The van der Waals surface area contributed by atoms with Crippen LogP contribution in [0.5, 0.6) is 0 Å². The molecule has 2 heterocycles. The van der Waals surface area contributed by atoms with Gasteiger partial charge in [0.2, 0.25) is 0 Å². The molecule has 0 saturated heterocycles. The molecular weight excluding hydrogens is 260 g/mol. The van der Waals surface area contributed by atoms with Crippen LogP contribution in [-0.4, -0.2) is 26.4 Å². The summed E-state index contributed by atoms with van der Waals surface area (Å²) in [6.07, 6.45) is 10.9. The van der Waals surface area contributed by atoms with E-state index < -0.39 is 0 Å². The Morgan fingerprint density at radius 3 is 3.21 bits per heavy atom. The van der Waals surface area contributed by atoms with Gasteiger partial charge in [0.05, 0.1) is 4.91 Å². The number of hydrogen-bond donors (Lipinski definition) is 1. The smallest absolute Gasteiger partial charge is 0.278 e. The highest BCUT2D eigenvalue weighted by Gasteiger charge is 2.37. The van der Waals surface area contributed by atoms with Crippen LogP contribution in [0.2, 0.25) is 0 Å². The second-order valence-electron chi connectivity index (χ2n) is 4.65. The normalized spacial score (nSPS) is 25.1. The summed E-state index contributed by atoms with van der Waals surface area (Å²) in [6.45, 7) is 0. The SMILES string of the molecule is O=[N+]1CSC2=CC3=CC(c4ncc[nH]4)=CCC3C2=N1. The Hall–Kier alpha value is -1.95. The van der Waals surface area contributed by atoms with Crippen LogP contribution in [0.15, 0.2) is 46.2 Å². The van der Waals surface area contributed by atoms with Gasteiger partial charge in [-0.3, -0.25) is 0 Å². The van der Waals surface area contributed by atoms with Gasteiger partial charge in [-0.25, -0.2) is 4.98 Å². The number of H-pyrrole nitrogens is 1. The molecule has 94 valence electrons. The van der Waals surface area contributed by atoms with Crippen molar-refractivity contribution in [3.05, 3.63) is 51.8 Å². The van der Waals surface area contributed by atoms with Crippen molar-refractivity contribution in [2.45, 2.75) is 6.42 Å². The van der Waals surface area contributed by atoms with Crippen LogP contribution in [0.25, 0.3) is 5.57 Å². The number of rotatable bonds is 1. The molecular formula is C13H11N4OS+. The summed E-state index contributed by atoms with van der Waals surface area (Å²) < 4.78 is 0. The minimum absolute atomic E-state index is 0.234. The number of thioether (sulfide) groups is 1. The zero-order valence-corrected chi connectivity index (χ0v) is 10.9.